The van der Waals surface area contributed by atoms with E-state index in [2.05, 4.69) is 15.9 Å². The van der Waals surface area contributed by atoms with Gasteiger partial charge in [0.05, 0.1) is 17.5 Å². The molecule has 0 unspecified atom stereocenters. The molecule has 2 aliphatic carbocycles. The lowest BCUT2D eigenvalue weighted by Crippen LogP contribution is -2.60. The predicted octanol–water partition coefficient (Wildman–Crippen LogP) is 4.55. The van der Waals surface area contributed by atoms with Crippen molar-refractivity contribution in [2.24, 2.45) is 17.8 Å². The maximum absolute atomic E-state index is 14.0. The molecular weight excluding hydrogens is 623 g/mol. The number of nitrogens with zero attached hydrogens (tertiary/aromatic N) is 2. The highest BCUT2D eigenvalue weighted by Crippen LogP contribution is 2.66. The first kappa shape index (κ1) is 27.2. The SMILES string of the molecule is CC(=O)c1ccc(N2C(=O)[C@H]3[C@H](CC=C4[C@H]3C[C@@]3(Cl)C(=O)N(C)C(=O)[C@@]3(Cl)[C@H]4c3cc(Br)ccc3O)C2=O)cc1. The van der Waals surface area contributed by atoms with Crippen molar-refractivity contribution in [1.29, 1.82) is 0 Å². The van der Waals surface area contributed by atoms with E-state index in [4.69, 9.17) is 23.2 Å². The van der Waals surface area contributed by atoms with Gasteiger partial charge in [-0.1, -0.05) is 27.6 Å². The fourth-order valence-electron chi connectivity index (χ4n) is 6.95. The van der Waals surface area contributed by atoms with Crippen LogP contribution in [0.25, 0.3) is 0 Å². The van der Waals surface area contributed by atoms with Gasteiger partial charge in [-0.05, 0) is 68.1 Å². The molecule has 0 radical (unpaired) electrons. The third kappa shape index (κ3) is 3.40. The first-order valence-electron chi connectivity index (χ1n) is 12.7. The number of rotatable bonds is 3. The van der Waals surface area contributed by atoms with Gasteiger partial charge in [0.2, 0.25) is 11.8 Å². The standard InChI is InChI=1S/C29H23BrCl2N2O6/c1-13(35)14-3-6-16(7-4-14)34-24(37)18-9-8-17-20(22(18)25(34)38)12-28(31)26(39)33(2)27(40)29(28,32)23(17)19-11-15(30)5-10-21(19)36/h3-8,10-11,18,20,22-23,36H,9,12H2,1-2H3/t18-,20+,22-,23+,28+,29-/m0/s1. The van der Waals surface area contributed by atoms with Crippen molar-refractivity contribution in [2.75, 3.05) is 11.9 Å². The van der Waals surface area contributed by atoms with Gasteiger partial charge in [0, 0.05) is 28.6 Å². The Labute approximate surface area is 248 Å². The zero-order chi connectivity index (χ0) is 28.9. The van der Waals surface area contributed by atoms with E-state index < -0.39 is 51.1 Å². The number of amides is 4. The second-order valence-electron chi connectivity index (χ2n) is 10.8. The molecule has 0 spiro atoms. The van der Waals surface area contributed by atoms with Crippen molar-refractivity contribution in [3.05, 3.63) is 69.7 Å². The molecule has 8 nitrogen and oxygen atoms in total. The van der Waals surface area contributed by atoms with Crippen LogP contribution in [0.15, 0.2) is 58.6 Å². The summed E-state index contributed by atoms with van der Waals surface area (Å²) in [5.74, 6) is -5.83. The number of benzene rings is 2. The summed E-state index contributed by atoms with van der Waals surface area (Å²) in [6.07, 6.45) is 1.87. The topological polar surface area (TPSA) is 112 Å². The molecule has 2 aliphatic heterocycles. The molecule has 4 aliphatic rings. The number of allylic oxidation sites excluding steroid dienone is 2. The minimum Gasteiger partial charge on any atom is -0.508 e. The van der Waals surface area contributed by atoms with E-state index in [1.165, 1.54) is 20.0 Å². The van der Waals surface area contributed by atoms with Gasteiger partial charge >= 0.3 is 0 Å². The zero-order valence-corrected chi connectivity index (χ0v) is 24.5. The summed E-state index contributed by atoms with van der Waals surface area (Å²) in [4.78, 5) is 64.6. The fraction of sp³-hybridized carbons (Fsp3) is 0.345. The fourth-order valence-corrected chi connectivity index (χ4v) is 8.34. The van der Waals surface area contributed by atoms with Gasteiger partial charge in [0.15, 0.2) is 15.5 Å². The normalized spacial score (nSPS) is 33.1. The lowest BCUT2D eigenvalue weighted by molar-refractivity contribution is -0.138. The number of fused-ring (bicyclic) bond motifs is 4. The monoisotopic (exact) mass is 644 g/mol. The molecule has 2 aromatic rings. The van der Waals surface area contributed by atoms with Gasteiger partial charge in [-0.3, -0.25) is 33.8 Å². The average molecular weight is 646 g/mol. The number of phenolic OH excluding ortho intramolecular Hbond substituents is 1. The summed E-state index contributed by atoms with van der Waals surface area (Å²) in [7, 11) is 1.31. The van der Waals surface area contributed by atoms with E-state index in [0.717, 1.165) is 9.80 Å². The lowest BCUT2D eigenvalue weighted by atomic mass is 9.56. The third-order valence-corrected chi connectivity index (χ3v) is 10.8. The number of Topliss-reactive ketones (excluding diaryl/α,β-unsaturated/α-hetero) is 1. The Hall–Kier alpha value is -3.01. The summed E-state index contributed by atoms with van der Waals surface area (Å²) < 4.78 is 0.606. The minimum absolute atomic E-state index is 0.138. The van der Waals surface area contributed by atoms with Crippen LogP contribution in [0, 0.1) is 17.8 Å². The number of carbonyl (C=O) groups excluding carboxylic acids is 5. The van der Waals surface area contributed by atoms with E-state index >= 15 is 0 Å². The molecular formula is C29H23BrCl2N2O6. The molecule has 11 heteroatoms. The number of ketones is 1. The van der Waals surface area contributed by atoms with E-state index in [9.17, 15) is 29.1 Å². The second-order valence-corrected chi connectivity index (χ2v) is 13.0. The lowest BCUT2D eigenvalue weighted by Gasteiger charge is -2.50. The Morgan fingerprint density at radius 2 is 1.68 bits per heavy atom. The van der Waals surface area contributed by atoms with Gasteiger partial charge in [-0.15, -0.1) is 23.2 Å². The maximum atomic E-state index is 14.0. The molecule has 2 heterocycles. The van der Waals surface area contributed by atoms with Gasteiger partial charge in [-0.2, -0.15) is 0 Å². The summed E-state index contributed by atoms with van der Waals surface area (Å²) in [5.41, 5.74) is 1.66. The van der Waals surface area contributed by atoms with Crippen LogP contribution >= 0.6 is 39.1 Å². The first-order valence-corrected chi connectivity index (χ1v) is 14.3. The molecule has 40 heavy (non-hydrogen) atoms. The van der Waals surface area contributed by atoms with Crippen LogP contribution in [-0.4, -0.2) is 56.2 Å². The highest BCUT2D eigenvalue weighted by Gasteiger charge is 2.76. The maximum Gasteiger partial charge on any atom is 0.253 e. The van der Waals surface area contributed by atoms with Crippen LogP contribution in [0.1, 0.15) is 41.6 Å². The number of imide groups is 2. The van der Waals surface area contributed by atoms with Crippen molar-refractivity contribution in [3.63, 3.8) is 0 Å². The molecule has 1 saturated carbocycles. The summed E-state index contributed by atoms with van der Waals surface area (Å²) >= 11 is 17.7. The van der Waals surface area contributed by atoms with Gasteiger partial charge in [0.25, 0.3) is 11.8 Å². The molecule has 6 rings (SSSR count). The van der Waals surface area contributed by atoms with Crippen molar-refractivity contribution < 1.29 is 29.1 Å². The molecule has 2 aromatic carbocycles. The Morgan fingerprint density at radius 3 is 2.33 bits per heavy atom. The third-order valence-electron chi connectivity index (χ3n) is 8.85. The summed E-state index contributed by atoms with van der Waals surface area (Å²) in [5, 5.41) is 10.9. The Bertz CT molecular complexity index is 1570. The van der Waals surface area contributed by atoms with Crippen LogP contribution in [-0.2, 0) is 19.2 Å². The van der Waals surface area contributed by atoms with Gasteiger partial charge in [0.1, 0.15) is 5.75 Å². The van der Waals surface area contributed by atoms with Crippen LogP contribution in [0.4, 0.5) is 5.69 Å². The van der Waals surface area contributed by atoms with Crippen molar-refractivity contribution >= 4 is 74.2 Å². The number of carbonyl (C=O) groups is 5. The number of anilines is 1. The Kier molecular flexibility index (Phi) is 6.11. The van der Waals surface area contributed by atoms with Crippen LogP contribution < -0.4 is 4.90 Å². The molecule has 206 valence electrons. The van der Waals surface area contributed by atoms with Crippen LogP contribution in [0.3, 0.4) is 0 Å². The number of alkyl halides is 2. The van der Waals surface area contributed by atoms with E-state index in [-0.39, 0.29) is 35.8 Å². The van der Waals surface area contributed by atoms with Crippen molar-refractivity contribution in [2.45, 2.75) is 35.4 Å². The van der Waals surface area contributed by atoms with E-state index in [0.29, 0.717) is 21.3 Å². The van der Waals surface area contributed by atoms with Crippen molar-refractivity contribution in [3.8, 4) is 5.75 Å². The van der Waals surface area contributed by atoms with Gasteiger partial charge in [-0.25, -0.2) is 0 Å². The predicted molar refractivity (Wildman–Crippen MR) is 150 cm³/mol. The molecule has 3 fully saturated rings. The molecule has 0 bridgehead atoms. The number of phenols is 1. The molecule has 1 N–H and O–H groups in total. The second kappa shape index (κ2) is 8.99. The minimum atomic E-state index is -1.97. The number of aromatic hydroxyl groups is 1. The number of hydrogen-bond donors (Lipinski definition) is 1. The van der Waals surface area contributed by atoms with E-state index in [1.54, 1.807) is 42.5 Å². The molecule has 2 saturated heterocycles. The first-order chi connectivity index (χ1) is 18.8. The molecule has 4 amide bonds. The summed E-state index contributed by atoms with van der Waals surface area (Å²) in [6.45, 7) is 1.43. The van der Waals surface area contributed by atoms with E-state index in [1.807, 2.05) is 0 Å². The number of hydrogen-bond acceptors (Lipinski definition) is 6. The zero-order valence-electron chi connectivity index (χ0n) is 21.4. The number of halogens is 3. The highest BCUT2D eigenvalue weighted by atomic mass is 79.9. The highest BCUT2D eigenvalue weighted by molar-refractivity contribution is 9.10. The van der Waals surface area contributed by atoms with Crippen LogP contribution in [0.5, 0.6) is 5.75 Å². The quantitative estimate of drug-likeness (QED) is 0.227. The van der Waals surface area contributed by atoms with Crippen LogP contribution in [0.2, 0.25) is 0 Å². The molecule has 0 aromatic heterocycles. The Balaban J connectivity index is 1.50. The molecule has 6 atom stereocenters. The summed E-state index contributed by atoms with van der Waals surface area (Å²) in [6, 6.07) is 10.9. The average Bonchev–Trinajstić information content (AvgIpc) is 3.25. The largest absolute Gasteiger partial charge is 0.508 e. The smallest absolute Gasteiger partial charge is 0.253 e. The van der Waals surface area contributed by atoms with Gasteiger partial charge < -0.3 is 5.11 Å². The van der Waals surface area contributed by atoms with Crippen molar-refractivity contribution in [1.82, 2.24) is 4.90 Å². The number of likely N-dealkylation sites (tertiary alicyclic amines) is 1. The Morgan fingerprint density at radius 1 is 1.00 bits per heavy atom.